The van der Waals surface area contributed by atoms with E-state index in [4.69, 9.17) is 9.47 Å². The number of ether oxygens (including phenoxy) is 2. The largest absolute Gasteiger partial charge is 0.467 e. The van der Waals surface area contributed by atoms with E-state index >= 15 is 0 Å². The van der Waals surface area contributed by atoms with Gasteiger partial charge in [-0.1, -0.05) is 64.1 Å². The van der Waals surface area contributed by atoms with Gasteiger partial charge in [0.15, 0.2) is 0 Å². The van der Waals surface area contributed by atoms with E-state index in [-0.39, 0.29) is 11.8 Å². The van der Waals surface area contributed by atoms with Gasteiger partial charge in [0.05, 0.1) is 14.2 Å². The standard InChI is InChI=1S/C32H40N4O8/c1-19(2)17-25(31(41)43-5)35-29(39)27(37)33-23-13-9-21(10-14-23)7-8-22-11-15-24(16-12-22)34-28(38)30(40)36-26(18-20(3)4)32(42)44-6/h7-16,19-20,25-26H,17-18H2,1-6H3,(H,33,37)(H,34,38)(H,35,39)(H,36,40)/b8-7+. The van der Waals surface area contributed by atoms with E-state index in [1.54, 1.807) is 48.5 Å². The number of anilines is 2. The highest BCUT2D eigenvalue weighted by Crippen LogP contribution is 2.15. The average Bonchev–Trinajstić information content (AvgIpc) is 2.99. The summed E-state index contributed by atoms with van der Waals surface area (Å²) in [6.45, 7) is 7.54. The van der Waals surface area contributed by atoms with Gasteiger partial charge in [-0.05, 0) is 60.1 Å². The molecule has 236 valence electrons. The number of esters is 2. The highest BCUT2D eigenvalue weighted by atomic mass is 16.5. The van der Waals surface area contributed by atoms with Gasteiger partial charge in [0, 0.05) is 11.4 Å². The van der Waals surface area contributed by atoms with Gasteiger partial charge >= 0.3 is 35.6 Å². The first kappa shape index (κ1) is 35.2. The van der Waals surface area contributed by atoms with Crippen LogP contribution >= 0.6 is 0 Å². The van der Waals surface area contributed by atoms with Crippen molar-refractivity contribution < 1.29 is 38.2 Å². The molecule has 0 bridgehead atoms. The Morgan fingerprint density at radius 1 is 0.568 bits per heavy atom. The first-order valence-corrected chi connectivity index (χ1v) is 14.1. The molecule has 2 aromatic carbocycles. The molecule has 2 rings (SSSR count). The maximum Gasteiger partial charge on any atom is 0.328 e. The first-order valence-electron chi connectivity index (χ1n) is 14.1. The van der Waals surface area contributed by atoms with Crippen molar-refractivity contribution in [3.8, 4) is 0 Å². The fourth-order valence-electron chi connectivity index (χ4n) is 4.03. The molecule has 4 amide bonds. The van der Waals surface area contributed by atoms with E-state index < -0.39 is 47.7 Å². The van der Waals surface area contributed by atoms with Gasteiger partial charge in [-0.3, -0.25) is 19.2 Å². The van der Waals surface area contributed by atoms with Crippen molar-refractivity contribution in [1.29, 1.82) is 0 Å². The minimum Gasteiger partial charge on any atom is -0.467 e. The summed E-state index contributed by atoms with van der Waals surface area (Å²) in [5.74, 6) is -4.74. The molecule has 44 heavy (non-hydrogen) atoms. The fourth-order valence-corrected chi connectivity index (χ4v) is 4.03. The number of nitrogens with one attached hydrogen (secondary N) is 4. The van der Waals surface area contributed by atoms with Crippen LogP contribution in [0.3, 0.4) is 0 Å². The topological polar surface area (TPSA) is 169 Å². The highest BCUT2D eigenvalue weighted by molar-refractivity contribution is 6.40. The Labute approximate surface area is 256 Å². The van der Waals surface area contributed by atoms with Crippen LogP contribution in [0.25, 0.3) is 12.2 Å². The van der Waals surface area contributed by atoms with E-state index in [9.17, 15) is 28.8 Å². The molecule has 0 fully saturated rings. The van der Waals surface area contributed by atoms with Crippen LogP contribution in [0.15, 0.2) is 48.5 Å². The zero-order chi connectivity index (χ0) is 32.8. The molecule has 0 aliphatic heterocycles. The third-order valence-electron chi connectivity index (χ3n) is 6.21. The average molecular weight is 609 g/mol. The molecule has 0 saturated heterocycles. The molecule has 0 aliphatic rings. The summed E-state index contributed by atoms with van der Waals surface area (Å²) in [6, 6.07) is 11.7. The van der Waals surface area contributed by atoms with Gasteiger partial charge in [0.25, 0.3) is 0 Å². The van der Waals surface area contributed by atoms with Gasteiger partial charge in [-0.2, -0.15) is 0 Å². The molecule has 12 heteroatoms. The minimum absolute atomic E-state index is 0.100. The van der Waals surface area contributed by atoms with E-state index in [1.807, 2.05) is 39.8 Å². The Morgan fingerprint density at radius 3 is 1.16 bits per heavy atom. The summed E-state index contributed by atoms with van der Waals surface area (Å²) in [6.07, 6.45) is 4.32. The number of amides is 4. The second-order valence-corrected chi connectivity index (χ2v) is 10.8. The van der Waals surface area contributed by atoms with Crippen molar-refractivity contribution in [3.05, 3.63) is 59.7 Å². The number of benzene rings is 2. The summed E-state index contributed by atoms with van der Waals surface area (Å²) < 4.78 is 9.41. The molecule has 0 aromatic heterocycles. The zero-order valence-corrected chi connectivity index (χ0v) is 25.8. The SMILES string of the molecule is COC(=O)C(CC(C)C)NC(=O)C(=O)Nc1ccc(/C=C/c2ccc(NC(=O)C(=O)NC(CC(C)C)C(=O)OC)cc2)cc1. The van der Waals surface area contributed by atoms with Gasteiger partial charge in [-0.15, -0.1) is 0 Å². The second-order valence-electron chi connectivity index (χ2n) is 10.8. The molecular weight excluding hydrogens is 568 g/mol. The third kappa shape index (κ3) is 11.7. The highest BCUT2D eigenvalue weighted by Gasteiger charge is 2.27. The fraction of sp³-hybridized carbons (Fsp3) is 0.375. The lowest BCUT2D eigenvalue weighted by molar-refractivity contribution is -0.147. The summed E-state index contributed by atoms with van der Waals surface area (Å²) in [5, 5.41) is 9.83. The van der Waals surface area contributed by atoms with Crippen molar-refractivity contribution in [2.75, 3.05) is 24.9 Å². The monoisotopic (exact) mass is 608 g/mol. The molecule has 2 atom stereocenters. The van der Waals surface area contributed by atoms with Crippen LogP contribution in [-0.4, -0.2) is 61.9 Å². The molecule has 12 nitrogen and oxygen atoms in total. The summed E-state index contributed by atoms with van der Waals surface area (Å²) >= 11 is 0. The molecule has 0 heterocycles. The number of carbonyl (C=O) groups is 6. The molecule has 0 spiro atoms. The van der Waals surface area contributed by atoms with Crippen molar-refractivity contribution >= 4 is 59.1 Å². The van der Waals surface area contributed by atoms with E-state index in [2.05, 4.69) is 21.3 Å². The number of hydrogen-bond donors (Lipinski definition) is 4. The lowest BCUT2D eigenvalue weighted by atomic mass is 10.0. The second kappa shape index (κ2) is 17.2. The smallest absolute Gasteiger partial charge is 0.328 e. The Bertz CT molecular complexity index is 1250. The minimum atomic E-state index is -0.943. The lowest BCUT2D eigenvalue weighted by Crippen LogP contribution is -2.46. The normalized spacial score (nSPS) is 12.3. The number of carbonyl (C=O) groups excluding carboxylic acids is 6. The molecule has 0 radical (unpaired) electrons. The molecule has 0 aliphatic carbocycles. The van der Waals surface area contributed by atoms with Crippen molar-refractivity contribution in [1.82, 2.24) is 10.6 Å². The first-order chi connectivity index (χ1) is 20.8. The van der Waals surface area contributed by atoms with Crippen LogP contribution in [-0.2, 0) is 38.2 Å². The van der Waals surface area contributed by atoms with Crippen LogP contribution in [0.4, 0.5) is 11.4 Å². The van der Waals surface area contributed by atoms with Crippen molar-refractivity contribution in [2.24, 2.45) is 11.8 Å². The quantitative estimate of drug-likeness (QED) is 0.162. The van der Waals surface area contributed by atoms with Gasteiger partial charge in [0.1, 0.15) is 12.1 Å². The number of methoxy groups -OCH3 is 2. The molecule has 2 aromatic rings. The summed E-state index contributed by atoms with van der Waals surface area (Å²) in [4.78, 5) is 73.1. The van der Waals surface area contributed by atoms with Crippen LogP contribution in [0.2, 0.25) is 0 Å². The van der Waals surface area contributed by atoms with Crippen molar-refractivity contribution in [3.63, 3.8) is 0 Å². The van der Waals surface area contributed by atoms with Crippen LogP contribution in [0.1, 0.15) is 51.7 Å². The molecule has 4 N–H and O–H groups in total. The van der Waals surface area contributed by atoms with Crippen molar-refractivity contribution in [2.45, 2.75) is 52.6 Å². The Morgan fingerprint density at radius 2 is 0.886 bits per heavy atom. The van der Waals surface area contributed by atoms with Crippen LogP contribution in [0.5, 0.6) is 0 Å². The maximum absolute atomic E-state index is 12.3. The van der Waals surface area contributed by atoms with E-state index in [0.29, 0.717) is 24.2 Å². The van der Waals surface area contributed by atoms with Crippen LogP contribution in [0, 0.1) is 11.8 Å². The predicted molar refractivity (Wildman–Crippen MR) is 166 cm³/mol. The number of rotatable bonds is 12. The van der Waals surface area contributed by atoms with Gasteiger partial charge in [0.2, 0.25) is 0 Å². The number of hydrogen-bond acceptors (Lipinski definition) is 8. The predicted octanol–water partition coefficient (Wildman–Crippen LogP) is 3.14. The summed E-state index contributed by atoms with van der Waals surface area (Å²) in [7, 11) is 2.44. The Hall–Kier alpha value is -5.00. The lowest BCUT2D eigenvalue weighted by Gasteiger charge is -2.18. The maximum atomic E-state index is 12.3. The molecule has 2 unspecified atom stereocenters. The Kier molecular flexibility index (Phi) is 13.8. The zero-order valence-electron chi connectivity index (χ0n) is 25.8. The van der Waals surface area contributed by atoms with Gasteiger partial charge < -0.3 is 30.7 Å². The van der Waals surface area contributed by atoms with Gasteiger partial charge in [-0.25, -0.2) is 9.59 Å². The third-order valence-corrected chi connectivity index (χ3v) is 6.21. The van der Waals surface area contributed by atoms with Crippen LogP contribution < -0.4 is 21.3 Å². The molecule has 0 saturated carbocycles. The molecular formula is C32H40N4O8. The summed E-state index contributed by atoms with van der Waals surface area (Å²) in [5.41, 5.74) is 2.41. The van der Waals surface area contributed by atoms with E-state index in [0.717, 1.165) is 11.1 Å². The van der Waals surface area contributed by atoms with E-state index in [1.165, 1.54) is 14.2 Å². The Balaban J connectivity index is 1.92.